The van der Waals surface area contributed by atoms with E-state index in [0.29, 0.717) is 19.3 Å². The predicted molar refractivity (Wildman–Crippen MR) is 252 cm³/mol. The van der Waals surface area contributed by atoms with Gasteiger partial charge < -0.3 is 14.2 Å². The number of rotatable bonds is 48. The summed E-state index contributed by atoms with van der Waals surface area (Å²) >= 11 is 0. The van der Waals surface area contributed by atoms with Crippen LogP contribution in [-0.4, -0.2) is 37.2 Å². The zero-order chi connectivity index (χ0) is 43.0. The third kappa shape index (κ3) is 47.1. The quantitative estimate of drug-likeness (QED) is 0.0263. The Morgan fingerprint density at radius 3 is 0.847 bits per heavy atom. The number of unbranched alkanes of at least 4 members (excludes halogenated alkanes) is 35. The molecule has 348 valence electrons. The van der Waals surface area contributed by atoms with Crippen LogP contribution in [0.4, 0.5) is 0 Å². The van der Waals surface area contributed by atoms with E-state index in [1.54, 1.807) is 0 Å². The van der Waals surface area contributed by atoms with E-state index in [9.17, 15) is 14.4 Å². The number of carbonyl (C=O) groups is 3. The van der Waals surface area contributed by atoms with Crippen molar-refractivity contribution in [3.8, 4) is 0 Å². The zero-order valence-electron chi connectivity index (χ0n) is 39.8. The largest absolute Gasteiger partial charge is 0.462 e. The minimum Gasteiger partial charge on any atom is -0.462 e. The fraction of sp³-hybridized carbons (Fsp3) is 0.906. The van der Waals surface area contributed by atoms with Crippen LogP contribution in [0.3, 0.4) is 0 Å². The molecular formula is C53H100O6. The molecule has 6 nitrogen and oxygen atoms in total. The second-order valence-electron chi connectivity index (χ2n) is 17.8. The summed E-state index contributed by atoms with van der Waals surface area (Å²) in [6, 6.07) is 0. The van der Waals surface area contributed by atoms with Gasteiger partial charge in [0.2, 0.25) is 0 Å². The van der Waals surface area contributed by atoms with E-state index in [1.807, 2.05) is 0 Å². The summed E-state index contributed by atoms with van der Waals surface area (Å²) < 4.78 is 16.8. The molecule has 0 heterocycles. The van der Waals surface area contributed by atoms with Gasteiger partial charge >= 0.3 is 17.9 Å². The summed E-state index contributed by atoms with van der Waals surface area (Å²) in [5.74, 6) is -0.856. The van der Waals surface area contributed by atoms with Gasteiger partial charge in [-0.25, -0.2) is 0 Å². The van der Waals surface area contributed by atoms with Crippen molar-refractivity contribution in [2.75, 3.05) is 13.2 Å². The molecule has 0 aliphatic carbocycles. The molecule has 0 bridgehead atoms. The van der Waals surface area contributed by atoms with Crippen molar-refractivity contribution in [2.45, 2.75) is 297 Å². The average Bonchev–Trinajstić information content (AvgIpc) is 3.23. The Balaban J connectivity index is 4.22. The van der Waals surface area contributed by atoms with Gasteiger partial charge in [0.05, 0.1) is 0 Å². The van der Waals surface area contributed by atoms with E-state index in [2.05, 4.69) is 32.9 Å². The van der Waals surface area contributed by atoms with Crippen molar-refractivity contribution < 1.29 is 28.6 Å². The maximum atomic E-state index is 12.8. The number of hydrogen-bond acceptors (Lipinski definition) is 6. The van der Waals surface area contributed by atoms with Crippen molar-refractivity contribution >= 4 is 17.9 Å². The molecule has 59 heavy (non-hydrogen) atoms. The maximum absolute atomic E-state index is 12.8. The van der Waals surface area contributed by atoms with Gasteiger partial charge in [0, 0.05) is 19.3 Å². The molecule has 0 amide bonds. The summed E-state index contributed by atoms with van der Waals surface area (Å²) in [4.78, 5) is 37.8. The second kappa shape index (κ2) is 48.8. The first-order valence-electron chi connectivity index (χ1n) is 26.2. The number of esters is 3. The minimum absolute atomic E-state index is 0.0659. The van der Waals surface area contributed by atoms with Crippen LogP contribution < -0.4 is 0 Å². The molecule has 0 aromatic rings. The number of carbonyl (C=O) groups excluding carboxylic acids is 3. The zero-order valence-corrected chi connectivity index (χ0v) is 39.8. The summed E-state index contributed by atoms with van der Waals surface area (Å²) in [6.07, 6.45) is 53.5. The lowest BCUT2D eigenvalue weighted by Gasteiger charge is -2.18. The highest BCUT2D eigenvalue weighted by atomic mass is 16.6. The third-order valence-electron chi connectivity index (χ3n) is 11.8. The molecule has 0 aromatic heterocycles. The molecule has 0 N–H and O–H groups in total. The van der Waals surface area contributed by atoms with Crippen LogP contribution in [0.2, 0.25) is 0 Å². The van der Waals surface area contributed by atoms with Gasteiger partial charge in [0.25, 0.3) is 0 Å². The third-order valence-corrected chi connectivity index (χ3v) is 11.8. The van der Waals surface area contributed by atoms with E-state index in [0.717, 1.165) is 57.8 Å². The Kier molecular flexibility index (Phi) is 47.3. The van der Waals surface area contributed by atoms with Gasteiger partial charge in [0.15, 0.2) is 6.10 Å². The minimum atomic E-state index is -0.762. The predicted octanol–water partition coefficient (Wildman–Crippen LogP) is 17.0. The first-order chi connectivity index (χ1) is 29.0. The highest BCUT2D eigenvalue weighted by molar-refractivity contribution is 5.71. The molecule has 0 aliphatic heterocycles. The summed E-state index contributed by atoms with van der Waals surface area (Å²) in [7, 11) is 0. The van der Waals surface area contributed by atoms with Crippen LogP contribution in [0.25, 0.3) is 0 Å². The van der Waals surface area contributed by atoms with E-state index in [4.69, 9.17) is 14.2 Å². The lowest BCUT2D eigenvalue weighted by Crippen LogP contribution is -2.30. The normalized spacial score (nSPS) is 12.0. The van der Waals surface area contributed by atoms with E-state index in [1.165, 1.54) is 193 Å². The molecule has 6 heteroatoms. The first-order valence-corrected chi connectivity index (χ1v) is 26.2. The Labute approximate surface area is 367 Å². The Morgan fingerprint density at radius 1 is 0.322 bits per heavy atom. The van der Waals surface area contributed by atoms with Gasteiger partial charge in [0.1, 0.15) is 13.2 Å². The van der Waals surface area contributed by atoms with Crippen molar-refractivity contribution in [2.24, 2.45) is 0 Å². The van der Waals surface area contributed by atoms with Crippen molar-refractivity contribution in [1.29, 1.82) is 0 Å². The van der Waals surface area contributed by atoms with Crippen molar-refractivity contribution in [3.05, 3.63) is 12.2 Å². The van der Waals surface area contributed by atoms with Crippen molar-refractivity contribution in [3.63, 3.8) is 0 Å². The molecule has 0 aromatic carbocycles. The Hall–Kier alpha value is -1.85. The van der Waals surface area contributed by atoms with Crippen LogP contribution in [0.1, 0.15) is 290 Å². The second-order valence-corrected chi connectivity index (χ2v) is 17.8. The van der Waals surface area contributed by atoms with E-state index < -0.39 is 6.10 Å². The fourth-order valence-electron chi connectivity index (χ4n) is 7.79. The molecule has 0 radical (unpaired) electrons. The van der Waals surface area contributed by atoms with Crippen LogP contribution in [-0.2, 0) is 28.6 Å². The van der Waals surface area contributed by atoms with Gasteiger partial charge in [-0.15, -0.1) is 0 Å². The molecule has 1 unspecified atom stereocenters. The highest BCUT2D eigenvalue weighted by Crippen LogP contribution is 2.16. The van der Waals surface area contributed by atoms with Crippen molar-refractivity contribution in [1.82, 2.24) is 0 Å². The van der Waals surface area contributed by atoms with Crippen LogP contribution in [0, 0.1) is 0 Å². The fourth-order valence-corrected chi connectivity index (χ4v) is 7.79. The molecule has 0 spiro atoms. The van der Waals surface area contributed by atoms with Gasteiger partial charge in [-0.2, -0.15) is 0 Å². The molecule has 1 atom stereocenters. The molecule has 0 fully saturated rings. The number of hydrogen-bond donors (Lipinski definition) is 0. The van der Waals surface area contributed by atoms with Gasteiger partial charge in [-0.05, 0) is 44.9 Å². The summed E-state index contributed by atoms with van der Waals surface area (Å²) in [5, 5.41) is 0. The maximum Gasteiger partial charge on any atom is 0.306 e. The Bertz CT molecular complexity index is 916. The standard InChI is InChI=1S/C53H100O6/c1-4-7-10-13-16-19-21-23-25-26-27-28-29-31-32-34-37-40-43-46-52(55)58-49-50(48-57-51(54)45-42-39-36-18-15-12-9-6-3)59-53(56)47-44-41-38-35-33-30-24-22-20-17-14-11-8-5-2/h23,25,50H,4-22,24,26-49H2,1-3H3/b25-23-. The van der Waals surface area contributed by atoms with Crippen LogP contribution in [0.5, 0.6) is 0 Å². The smallest absolute Gasteiger partial charge is 0.306 e. The van der Waals surface area contributed by atoms with Gasteiger partial charge in [-0.3, -0.25) is 14.4 Å². The van der Waals surface area contributed by atoms with Gasteiger partial charge in [-0.1, -0.05) is 238 Å². The van der Waals surface area contributed by atoms with E-state index >= 15 is 0 Å². The summed E-state index contributed by atoms with van der Waals surface area (Å²) in [5.41, 5.74) is 0. The lowest BCUT2D eigenvalue weighted by molar-refractivity contribution is -0.167. The lowest BCUT2D eigenvalue weighted by atomic mass is 10.0. The monoisotopic (exact) mass is 833 g/mol. The molecular weight excluding hydrogens is 733 g/mol. The highest BCUT2D eigenvalue weighted by Gasteiger charge is 2.19. The van der Waals surface area contributed by atoms with Crippen LogP contribution >= 0.6 is 0 Å². The number of ether oxygens (including phenoxy) is 3. The molecule has 0 aliphatic rings. The SMILES string of the molecule is CCCCCCCC/C=C\CCCCCCCCCCCC(=O)OCC(COC(=O)CCCCCCCCCC)OC(=O)CCCCCCCCCCCCCCCC. The average molecular weight is 833 g/mol. The summed E-state index contributed by atoms with van der Waals surface area (Å²) in [6.45, 7) is 6.64. The molecule has 0 saturated heterocycles. The first kappa shape index (κ1) is 57.1. The molecule has 0 rings (SSSR count). The molecule has 0 saturated carbocycles. The Morgan fingerprint density at radius 2 is 0.559 bits per heavy atom. The van der Waals surface area contributed by atoms with Crippen LogP contribution in [0.15, 0.2) is 12.2 Å². The van der Waals surface area contributed by atoms with E-state index in [-0.39, 0.29) is 31.1 Å². The topological polar surface area (TPSA) is 78.9 Å². The number of allylic oxidation sites excluding steroid dienone is 2.